The lowest BCUT2D eigenvalue weighted by molar-refractivity contribution is -0.120. The average Bonchev–Trinajstić information content (AvgIpc) is 2.72. The highest BCUT2D eigenvalue weighted by molar-refractivity contribution is 6.30. The van der Waals surface area contributed by atoms with Crippen LogP contribution in [0.2, 0.25) is 5.02 Å². The van der Waals surface area contributed by atoms with Gasteiger partial charge in [0.15, 0.2) is 0 Å². The maximum Gasteiger partial charge on any atom is 0.234 e. The molecule has 92 valence electrons. The molecule has 5 heteroatoms. The van der Waals surface area contributed by atoms with E-state index >= 15 is 0 Å². The number of hydrogen-bond donors (Lipinski definition) is 2. The average molecular weight is 257 g/mol. The Morgan fingerprint density at radius 1 is 1.59 bits per heavy atom. The third-order valence-electron chi connectivity index (χ3n) is 3.14. The van der Waals surface area contributed by atoms with Crippen molar-refractivity contribution >= 4 is 17.5 Å². The molecule has 1 amide bonds. The summed E-state index contributed by atoms with van der Waals surface area (Å²) < 4.78 is 13.0. The second-order valence-corrected chi connectivity index (χ2v) is 4.74. The summed E-state index contributed by atoms with van der Waals surface area (Å²) in [6, 6.07) is 4.35. The van der Waals surface area contributed by atoms with Gasteiger partial charge in [-0.1, -0.05) is 17.7 Å². The van der Waals surface area contributed by atoms with Gasteiger partial charge in [0.2, 0.25) is 5.91 Å². The molecular formula is C12H14ClFN2O. The van der Waals surface area contributed by atoms with E-state index in [1.807, 2.05) is 0 Å². The minimum atomic E-state index is -0.425. The van der Waals surface area contributed by atoms with Crippen molar-refractivity contribution in [3.8, 4) is 0 Å². The summed E-state index contributed by atoms with van der Waals surface area (Å²) in [7, 11) is 0. The Kier molecular flexibility index (Phi) is 3.64. The SMILES string of the molecule is NC(=O)[C@@H]1NCC[C@@H]1Cc1ccc(F)c(Cl)c1. The lowest BCUT2D eigenvalue weighted by atomic mass is 9.92. The van der Waals surface area contributed by atoms with Gasteiger partial charge in [-0.2, -0.15) is 0 Å². The first-order valence-corrected chi connectivity index (χ1v) is 5.92. The minimum absolute atomic E-state index is 0.115. The molecular weight excluding hydrogens is 243 g/mol. The molecule has 1 heterocycles. The Balaban J connectivity index is 2.09. The van der Waals surface area contributed by atoms with Crippen LogP contribution in [0.15, 0.2) is 18.2 Å². The van der Waals surface area contributed by atoms with Crippen LogP contribution in [0.4, 0.5) is 4.39 Å². The highest BCUT2D eigenvalue weighted by atomic mass is 35.5. The Morgan fingerprint density at radius 3 is 3.00 bits per heavy atom. The van der Waals surface area contributed by atoms with Crippen LogP contribution < -0.4 is 11.1 Å². The molecule has 0 bridgehead atoms. The number of rotatable bonds is 3. The smallest absolute Gasteiger partial charge is 0.234 e. The van der Waals surface area contributed by atoms with E-state index in [9.17, 15) is 9.18 Å². The molecule has 1 aromatic carbocycles. The third kappa shape index (κ3) is 2.76. The third-order valence-corrected chi connectivity index (χ3v) is 3.43. The van der Waals surface area contributed by atoms with Crippen molar-refractivity contribution in [2.75, 3.05) is 6.54 Å². The van der Waals surface area contributed by atoms with Crippen LogP contribution in [0.1, 0.15) is 12.0 Å². The van der Waals surface area contributed by atoms with Crippen molar-refractivity contribution in [3.05, 3.63) is 34.6 Å². The van der Waals surface area contributed by atoms with Crippen LogP contribution in [-0.4, -0.2) is 18.5 Å². The van der Waals surface area contributed by atoms with E-state index in [0.29, 0.717) is 6.42 Å². The molecule has 17 heavy (non-hydrogen) atoms. The molecule has 3 N–H and O–H groups in total. The fourth-order valence-corrected chi connectivity index (χ4v) is 2.48. The molecule has 1 aliphatic heterocycles. The highest BCUT2D eigenvalue weighted by Gasteiger charge is 2.30. The number of carbonyl (C=O) groups excluding carboxylic acids is 1. The molecule has 1 aromatic rings. The van der Waals surface area contributed by atoms with Gasteiger partial charge in [-0.05, 0) is 43.0 Å². The Labute approximate surface area is 104 Å². The maximum atomic E-state index is 13.0. The number of amides is 1. The van der Waals surface area contributed by atoms with Crippen LogP contribution in [0.5, 0.6) is 0 Å². The van der Waals surface area contributed by atoms with Crippen LogP contribution in [0.3, 0.4) is 0 Å². The van der Waals surface area contributed by atoms with E-state index < -0.39 is 5.82 Å². The van der Waals surface area contributed by atoms with Gasteiger partial charge in [0.05, 0.1) is 11.1 Å². The fourth-order valence-electron chi connectivity index (χ4n) is 2.28. The lowest BCUT2D eigenvalue weighted by Crippen LogP contribution is -2.41. The quantitative estimate of drug-likeness (QED) is 0.861. The second kappa shape index (κ2) is 5.02. The number of hydrogen-bond acceptors (Lipinski definition) is 2. The Hall–Kier alpha value is -1.13. The molecule has 1 fully saturated rings. The van der Waals surface area contributed by atoms with E-state index in [0.717, 1.165) is 18.5 Å². The Morgan fingerprint density at radius 2 is 2.35 bits per heavy atom. The number of benzene rings is 1. The zero-order valence-corrected chi connectivity index (χ0v) is 10.0. The highest BCUT2D eigenvalue weighted by Crippen LogP contribution is 2.23. The second-order valence-electron chi connectivity index (χ2n) is 4.34. The molecule has 1 saturated heterocycles. The first-order chi connectivity index (χ1) is 8.08. The molecule has 2 rings (SSSR count). The van der Waals surface area contributed by atoms with Crippen molar-refractivity contribution < 1.29 is 9.18 Å². The topological polar surface area (TPSA) is 55.1 Å². The van der Waals surface area contributed by atoms with Crippen molar-refractivity contribution in [3.63, 3.8) is 0 Å². The summed E-state index contributed by atoms with van der Waals surface area (Å²) in [5, 5.41) is 3.19. The molecule has 0 aliphatic carbocycles. The molecule has 0 aromatic heterocycles. The summed E-state index contributed by atoms with van der Waals surface area (Å²) in [5.41, 5.74) is 6.24. The van der Waals surface area contributed by atoms with E-state index in [1.165, 1.54) is 6.07 Å². The minimum Gasteiger partial charge on any atom is -0.368 e. The van der Waals surface area contributed by atoms with E-state index in [1.54, 1.807) is 12.1 Å². The first kappa shape index (κ1) is 12.3. The molecule has 0 unspecified atom stereocenters. The van der Waals surface area contributed by atoms with Crippen molar-refractivity contribution in [1.82, 2.24) is 5.32 Å². The number of primary amides is 1. The van der Waals surface area contributed by atoms with Gasteiger partial charge in [-0.3, -0.25) is 4.79 Å². The fraction of sp³-hybridized carbons (Fsp3) is 0.417. The molecule has 2 atom stereocenters. The van der Waals surface area contributed by atoms with Crippen LogP contribution in [0.25, 0.3) is 0 Å². The van der Waals surface area contributed by atoms with Crippen molar-refractivity contribution in [1.29, 1.82) is 0 Å². The van der Waals surface area contributed by atoms with Crippen molar-refractivity contribution in [2.24, 2.45) is 11.7 Å². The standard InChI is InChI=1S/C12H14ClFN2O/c13-9-6-7(1-2-10(9)14)5-8-3-4-16-11(8)12(15)17/h1-2,6,8,11,16H,3-5H2,(H2,15,17)/t8-,11-/m1/s1. The predicted molar refractivity (Wildman–Crippen MR) is 64.2 cm³/mol. The number of carbonyl (C=O) groups is 1. The Bertz CT molecular complexity index is 439. The normalized spacial score (nSPS) is 23.9. The first-order valence-electron chi connectivity index (χ1n) is 5.54. The zero-order chi connectivity index (χ0) is 12.4. The summed E-state index contributed by atoms with van der Waals surface area (Å²) >= 11 is 5.72. The summed E-state index contributed by atoms with van der Waals surface area (Å²) in [6.45, 7) is 0.785. The molecule has 0 spiro atoms. The van der Waals surface area contributed by atoms with Gasteiger partial charge in [-0.25, -0.2) is 4.39 Å². The van der Waals surface area contributed by atoms with E-state index in [2.05, 4.69) is 5.32 Å². The summed E-state index contributed by atoms with van der Waals surface area (Å²) in [4.78, 5) is 11.2. The van der Waals surface area contributed by atoms with Crippen LogP contribution in [-0.2, 0) is 11.2 Å². The van der Waals surface area contributed by atoms with Gasteiger partial charge < -0.3 is 11.1 Å². The summed E-state index contributed by atoms with van der Waals surface area (Å²) in [6.07, 6.45) is 1.57. The number of nitrogens with one attached hydrogen (secondary N) is 1. The van der Waals surface area contributed by atoms with Gasteiger partial charge in [-0.15, -0.1) is 0 Å². The molecule has 3 nitrogen and oxygen atoms in total. The van der Waals surface area contributed by atoms with Gasteiger partial charge in [0, 0.05) is 0 Å². The molecule has 0 saturated carbocycles. The van der Waals surface area contributed by atoms with E-state index in [-0.39, 0.29) is 22.9 Å². The number of halogens is 2. The molecule has 0 radical (unpaired) electrons. The maximum absolute atomic E-state index is 13.0. The monoisotopic (exact) mass is 256 g/mol. The zero-order valence-electron chi connectivity index (χ0n) is 9.25. The van der Waals surface area contributed by atoms with Crippen LogP contribution >= 0.6 is 11.6 Å². The number of nitrogens with two attached hydrogens (primary N) is 1. The van der Waals surface area contributed by atoms with E-state index in [4.69, 9.17) is 17.3 Å². The lowest BCUT2D eigenvalue weighted by Gasteiger charge is -2.16. The van der Waals surface area contributed by atoms with Crippen molar-refractivity contribution in [2.45, 2.75) is 18.9 Å². The van der Waals surface area contributed by atoms with Gasteiger partial charge in [0.1, 0.15) is 5.82 Å². The van der Waals surface area contributed by atoms with Crippen LogP contribution in [0, 0.1) is 11.7 Å². The van der Waals surface area contributed by atoms with Gasteiger partial charge >= 0.3 is 0 Å². The van der Waals surface area contributed by atoms with Gasteiger partial charge in [0.25, 0.3) is 0 Å². The summed E-state index contributed by atoms with van der Waals surface area (Å²) in [5.74, 6) is -0.596. The predicted octanol–water partition coefficient (Wildman–Crippen LogP) is 1.48. The molecule has 1 aliphatic rings. The largest absolute Gasteiger partial charge is 0.368 e.